The Morgan fingerprint density at radius 3 is 2.93 bits per heavy atom. The molecule has 0 saturated heterocycles. The van der Waals surface area contributed by atoms with E-state index in [-0.39, 0.29) is 5.91 Å². The summed E-state index contributed by atoms with van der Waals surface area (Å²) in [5, 5.41) is 8.89. The molecule has 0 spiro atoms. The van der Waals surface area contributed by atoms with Crippen LogP contribution in [-0.2, 0) is 11.2 Å². The molecule has 0 unspecified atom stereocenters. The van der Waals surface area contributed by atoms with Crippen molar-refractivity contribution in [3.05, 3.63) is 59.3 Å². The Kier molecular flexibility index (Phi) is 7.37. The molecular weight excluding hydrogens is 374 g/mol. The third-order valence-corrected chi connectivity index (χ3v) is 5.00. The SMILES string of the molecule is COc1ccccc1/C=C/C(=O)NCCCCCc1nc(-c2cccs2)no1. The average Bonchev–Trinajstić information content (AvgIpc) is 3.41. The van der Waals surface area contributed by atoms with Crippen LogP contribution in [0.1, 0.15) is 30.7 Å². The van der Waals surface area contributed by atoms with E-state index < -0.39 is 0 Å². The monoisotopic (exact) mass is 397 g/mol. The minimum atomic E-state index is -0.108. The first-order chi connectivity index (χ1) is 13.8. The van der Waals surface area contributed by atoms with Gasteiger partial charge in [0.15, 0.2) is 0 Å². The molecule has 0 aliphatic carbocycles. The molecule has 1 aromatic carbocycles. The van der Waals surface area contributed by atoms with E-state index in [1.807, 2.05) is 41.8 Å². The highest BCUT2D eigenvalue weighted by atomic mass is 32.1. The fourth-order valence-electron chi connectivity index (χ4n) is 2.68. The van der Waals surface area contributed by atoms with Crippen LogP contribution in [0.3, 0.4) is 0 Å². The second-order valence-corrected chi connectivity index (χ2v) is 7.11. The Morgan fingerprint density at radius 2 is 2.11 bits per heavy atom. The van der Waals surface area contributed by atoms with Crippen LogP contribution < -0.4 is 10.1 Å². The number of carbonyl (C=O) groups excluding carboxylic acids is 1. The molecule has 0 fully saturated rings. The van der Waals surface area contributed by atoms with Gasteiger partial charge in [0.25, 0.3) is 0 Å². The number of rotatable bonds is 10. The molecule has 2 heterocycles. The number of aryl methyl sites for hydroxylation is 1. The predicted octanol–water partition coefficient (Wildman–Crippen LogP) is 4.35. The fraction of sp³-hybridized carbons (Fsp3) is 0.286. The number of hydrogen-bond acceptors (Lipinski definition) is 6. The molecular formula is C21H23N3O3S. The topological polar surface area (TPSA) is 77.2 Å². The largest absolute Gasteiger partial charge is 0.496 e. The predicted molar refractivity (Wildman–Crippen MR) is 110 cm³/mol. The molecule has 7 heteroatoms. The Labute approximate surface area is 168 Å². The summed E-state index contributed by atoms with van der Waals surface area (Å²) in [5.41, 5.74) is 0.877. The lowest BCUT2D eigenvalue weighted by Gasteiger charge is -2.04. The van der Waals surface area contributed by atoms with E-state index >= 15 is 0 Å². The van der Waals surface area contributed by atoms with E-state index in [1.54, 1.807) is 24.5 Å². The number of carbonyl (C=O) groups is 1. The minimum absolute atomic E-state index is 0.108. The molecule has 146 valence electrons. The highest BCUT2D eigenvalue weighted by molar-refractivity contribution is 7.13. The van der Waals surface area contributed by atoms with Crippen molar-refractivity contribution < 1.29 is 14.1 Å². The number of nitrogens with one attached hydrogen (secondary N) is 1. The van der Waals surface area contributed by atoms with E-state index in [2.05, 4.69) is 15.5 Å². The summed E-state index contributed by atoms with van der Waals surface area (Å²) < 4.78 is 10.5. The zero-order valence-electron chi connectivity index (χ0n) is 15.8. The summed E-state index contributed by atoms with van der Waals surface area (Å²) in [7, 11) is 1.62. The van der Waals surface area contributed by atoms with Gasteiger partial charge in [0.2, 0.25) is 17.6 Å². The molecule has 1 N–H and O–H groups in total. The molecule has 0 atom stereocenters. The number of hydrogen-bond donors (Lipinski definition) is 1. The van der Waals surface area contributed by atoms with E-state index in [0.717, 1.165) is 41.9 Å². The summed E-state index contributed by atoms with van der Waals surface area (Å²) in [6.07, 6.45) is 6.86. The van der Waals surface area contributed by atoms with Crippen LogP contribution in [0.15, 0.2) is 52.4 Å². The number of nitrogens with zero attached hydrogens (tertiary/aromatic N) is 2. The number of methoxy groups -OCH3 is 1. The third kappa shape index (κ3) is 5.79. The summed E-state index contributed by atoms with van der Waals surface area (Å²) >= 11 is 1.59. The normalized spacial score (nSPS) is 11.0. The lowest BCUT2D eigenvalue weighted by Crippen LogP contribution is -2.22. The van der Waals surface area contributed by atoms with Crippen LogP contribution in [-0.4, -0.2) is 29.7 Å². The average molecular weight is 398 g/mol. The number of aromatic nitrogens is 2. The van der Waals surface area contributed by atoms with Gasteiger partial charge in [0.1, 0.15) is 5.75 Å². The number of benzene rings is 1. The van der Waals surface area contributed by atoms with Crippen LogP contribution in [0, 0.1) is 0 Å². The molecule has 3 rings (SSSR count). The van der Waals surface area contributed by atoms with Gasteiger partial charge in [-0.15, -0.1) is 11.3 Å². The lowest BCUT2D eigenvalue weighted by molar-refractivity contribution is -0.116. The highest BCUT2D eigenvalue weighted by Gasteiger charge is 2.08. The number of ether oxygens (including phenoxy) is 1. The zero-order chi connectivity index (χ0) is 19.6. The molecule has 3 aromatic rings. The molecule has 1 amide bonds. The second kappa shape index (κ2) is 10.4. The second-order valence-electron chi connectivity index (χ2n) is 6.17. The van der Waals surface area contributed by atoms with Crippen LogP contribution in [0.4, 0.5) is 0 Å². The first-order valence-electron chi connectivity index (χ1n) is 9.21. The Hall–Kier alpha value is -2.93. The lowest BCUT2D eigenvalue weighted by atomic mass is 10.2. The van der Waals surface area contributed by atoms with Gasteiger partial charge in [-0.05, 0) is 36.4 Å². The van der Waals surface area contributed by atoms with Gasteiger partial charge < -0.3 is 14.6 Å². The maximum Gasteiger partial charge on any atom is 0.244 e. The molecule has 0 radical (unpaired) electrons. The molecule has 28 heavy (non-hydrogen) atoms. The Balaban J connectivity index is 1.31. The standard InChI is InChI=1S/C21H23N3O3S/c1-26-17-9-5-4-8-16(17)12-13-19(25)22-14-6-2-3-11-20-23-21(24-27-20)18-10-7-15-28-18/h4-5,7-10,12-13,15H,2-3,6,11,14H2,1H3,(H,22,25)/b13-12+. The van der Waals surface area contributed by atoms with Crippen molar-refractivity contribution >= 4 is 23.3 Å². The van der Waals surface area contributed by atoms with Gasteiger partial charge >= 0.3 is 0 Å². The molecule has 0 aliphatic heterocycles. The zero-order valence-corrected chi connectivity index (χ0v) is 16.6. The maximum absolute atomic E-state index is 11.9. The van der Waals surface area contributed by atoms with Crippen molar-refractivity contribution in [3.8, 4) is 16.5 Å². The van der Waals surface area contributed by atoms with E-state index in [1.165, 1.54) is 6.08 Å². The Morgan fingerprint density at radius 1 is 1.21 bits per heavy atom. The summed E-state index contributed by atoms with van der Waals surface area (Å²) in [6.45, 7) is 0.638. The molecule has 0 aliphatic rings. The number of amides is 1. The van der Waals surface area contributed by atoms with Gasteiger partial charge in [-0.25, -0.2) is 0 Å². The quantitative estimate of drug-likeness (QED) is 0.406. The van der Waals surface area contributed by atoms with Crippen molar-refractivity contribution in [3.63, 3.8) is 0 Å². The molecule has 0 bridgehead atoms. The van der Waals surface area contributed by atoms with E-state index in [9.17, 15) is 4.79 Å². The summed E-state index contributed by atoms with van der Waals surface area (Å²) in [4.78, 5) is 17.3. The number of unbranched alkanes of at least 4 members (excludes halogenated alkanes) is 2. The van der Waals surface area contributed by atoms with Gasteiger partial charge in [-0.2, -0.15) is 4.98 Å². The molecule has 2 aromatic heterocycles. The number of para-hydroxylation sites is 1. The van der Waals surface area contributed by atoms with Crippen molar-refractivity contribution in [1.82, 2.24) is 15.5 Å². The highest BCUT2D eigenvalue weighted by Crippen LogP contribution is 2.21. The van der Waals surface area contributed by atoms with Gasteiger partial charge in [-0.1, -0.05) is 35.8 Å². The van der Waals surface area contributed by atoms with Crippen molar-refractivity contribution in [2.24, 2.45) is 0 Å². The molecule has 6 nitrogen and oxygen atoms in total. The fourth-order valence-corrected chi connectivity index (χ4v) is 3.33. The first-order valence-corrected chi connectivity index (χ1v) is 10.1. The summed E-state index contributed by atoms with van der Waals surface area (Å²) in [6, 6.07) is 11.5. The van der Waals surface area contributed by atoms with Crippen LogP contribution in [0.5, 0.6) is 5.75 Å². The van der Waals surface area contributed by atoms with E-state index in [4.69, 9.17) is 9.26 Å². The van der Waals surface area contributed by atoms with Gasteiger partial charge in [0, 0.05) is 24.6 Å². The third-order valence-electron chi connectivity index (χ3n) is 4.13. The van der Waals surface area contributed by atoms with Crippen molar-refractivity contribution in [2.75, 3.05) is 13.7 Å². The maximum atomic E-state index is 11.9. The number of thiophene rings is 1. The van der Waals surface area contributed by atoms with Crippen LogP contribution in [0.2, 0.25) is 0 Å². The minimum Gasteiger partial charge on any atom is -0.496 e. The van der Waals surface area contributed by atoms with Crippen LogP contribution in [0.25, 0.3) is 16.8 Å². The van der Waals surface area contributed by atoms with Gasteiger partial charge in [-0.3, -0.25) is 4.79 Å². The molecule has 0 saturated carbocycles. The van der Waals surface area contributed by atoms with Crippen LogP contribution >= 0.6 is 11.3 Å². The first kappa shape index (κ1) is 19.8. The van der Waals surface area contributed by atoms with Crippen molar-refractivity contribution in [2.45, 2.75) is 25.7 Å². The Bertz CT molecular complexity index is 903. The van der Waals surface area contributed by atoms with Gasteiger partial charge in [0.05, 0.1) is 12.0 Å². The van der Waals surface area contributed by atoms with Crippen molar-refractivity contribution in [1.29, 1.82) is 0 Å². The smallest absolute Gasteiger partial charge is 0.244 e. The summed E-state index contributed by atoms with van der Waals surface area (Å²) in [5.74, 6) is 1.95. The van der Waals surface area contributed by atoms with E-state index in [0.29, 0.717) is 18.3 Å².